The summed E-state index contributed by atoms with van der Waals surface area (Å²) >= 11 is 0. The number of aromatic nitrogens is 1. The number of nitrogens with zero attached hydrogens (tertiary/aromatic N) is 3. The number of carbonyl (C=O) groups is 1. The van der Waals surface area contributed by atoms with Gasteiger partial charge in [-0.25, -0.2) is 22.0 Å². The number of hydrogen-bond donors (Lipinski definition) is 0. The van der Waals surface area contributed by atoms with Gasteiger partial charge in [-0.2, -0.15) is 4.31 Å². The minimum absolute atomic E-state index is 0.0448. The molecule has 1 amide bonds. The van der Waals surface area contributed by atoms with Gasteiger partial charge in [0.2, 0.25) is 10.0 Å². The van der Waals surface area contributed by atoms with Crippen LogP contribution in [0.1, 0.15) is 44.5 Å². The summed E-state index contributed by atoms with van der Waals surface area (Å²) in [5.41, 5.74) is -0.342. The Hall–Kier alpha value is -1.81. The van der Waals surface area contributed by atoms with Crippen LogP contribution in [0.15, 0.2) is 17.0 Å². The van der Waals surface area contributed by atoms with Crippen molar-refractivity contribution < 1.29 is 26.7 Å². The number of sulfonamides is 1. The molecule has 0 aromatic carbocycles. The fourth-order valence-electron chi connectivity index (χ4n) is 4.00. The number of alkyl halides is 2. The average Bonchev–Trinajstić information content (AvgIpc) is 3.10. The Balaban J connectivity index is 1.38. The van der Waals surface area contributed by atoms with E-state index < -0.39 is 33.6 Å². The molecule has 2 aliphatic heterocycles. The molecule has 160 valence electrons. The van der Waals surface area contributed by atoms with Gasteiger partial charge in [-0.1, -0.05) is 0 Å². The Morgan fingerprint density at radius 3 is 2.28 bits per heavy atom. The van der Waals surface area contributed by atoms with Crippen LogP contribution in [0.25, 0.3) is 0 Å². The van der Waals surface area contributed by atoms with Crippen molar-refractivity contribution >= 4 is 16.1 Å². The molecular weight excluding hydrogens is 404 g/mol. The summed E-state index contributed by atoms with van der Waals surface area (Å²) in [7, 11) is -3.75. The van der Waals surface area contributed by atoms with Gasteiger partial charge in [0, 0.05) is 38.0 Å². The molecule has 7 nitrogen and oxygen atoms in total. The number of amides is 1. The lowest BCUT2D eigenvalue weighted by Crippen LogP contribution is -2.73. The summed E-state index contributed by atoms with van der Waals surface area (Å²) in [6, 6.07) is 2.76. The fourth-order valence-corrected chi connectivity index (χ4v) is 5.82. The lowest BCUT2D eigenvalue weighted by Gasteiger charge is -2.58. The second-order valence-corrected chi connectivity index (χ2v) is 11.4. The summed E-state index contributed by atoms with van der Waals surface area (Å²) in [5, 5.41) is 0. The molecule has 1 aromatic rings. The van der Waals surface area contributed by atoms with Crippen LogP contribution in [0.3, 0.4) is 0 Å². The SMILES string of the molecule is Cc1nc(C2CC2(F)F)ccc1S(=O)(=O)N1CC2(CN(C(=O)OC(C)(C)C)C2)C1. The second-order valence-electron chi connectivity index (χ2n) is 9.45. The van der Waals surface area contributed by atoms with Gasteiger partial charge in [0.1, 0.15) is 10.5 Å². The molecule has 1 aromatic heterocycles. The average molecular weight is 429 g/mol. The third-order valence-corrected chi connectivity index (χ3v) is 7.51. The Bertz CT molecular complexity index is 960. The van der Waals surface area contributed by atoms with Crippen molar-refractivity contribution in [2.75, 3.05) is 26.2 Å². The minimum Gasteiger partial charge on any atom is -0.444 e. The lowest BCUT2D eigenvalue weighted by molar-refractivity contribution is -0.0839. The molecule has 4 rings (SSSR count). The van der Waals surface area contributed by atoms with E-state index in [1.807, 2.05) is 0 Å². The molecule has 3 aliphatic rings. The number of hydrogen-bond acceptors (Lipinski definition) is 5. The van der Waals surface area contributed by atoms with Crippen molar-refractivity contribution in [2.45, 2.75) is 56.5 Å². The minimum atomic E-state index is -3.75. The quantitative estimate of drug-likeness (QED) is 0.738. The summed E-state index contributed by atoms with van der Waals surface area (Å²) < 4.78 is 59.0. The van der Waals surface area contributed by atoms with Crippen molar-refractivity contribution in [2.24, 2.45) is 5.41 Å². The predicted molar refractivity (Wildman–Crippen MR) is 100 cm³/mol. The molecule has 1 saturated carbocycles. The number of pyridine rings is 1. The molecular formula is C19H25F2N3O4S. The maximum atomic E-state index is 13.2. The topological polar surface area (TPSA) is 79.8 Å². The van der Waals surface area contributed by atoms with Gasteiger partial charge in [-0.15, -0.1) is 0 Å². The van der Waals surface area contributed by atoms with Crippen molar-refractivity contribution in [3.05, 3.63) is 23.5 Å². The number of halogens is 2. The first-order chi connectivity index (χ1) is 13.2. The van der Waals surface area contributed by atoms with Gasteiger partial charge in [-0.05, 0) is 39.8 Å². The number of ether oxygens (including phenoxy) is 1. The van der Waals surface area contributed by atoms with E-state index in [1.165, 1.54) is 23.4 Å². The van der Waals surface area contributed by atoms with E-state index >= 15 is 0 Å². The molecule has 0 bridgehead atoms. The Labute approximate surface area is 169 Å². The summed E-state index contributed by atoms with van der Waals surface area (Å²) in [6.07, 6.45) is -0.633. The van der Waals surface area contributed by atoms with E-state index in [-0.39, 0.29) is 28.1 Å². The molecule has 3 heterocycles. The third-order valence-electron chi connectivity index (χ3n) is 5.59. The van der Waals surface area contributed by atoms with Crippen LogP contribution < -0.4 is 0 Å². The van der Waals surface area contributed by atoms with Crippen molar-refractivity contribution in [1.82, 2.24) is 14.2 Å². The standard InChI is InChI=1S/C19H25F2N3O4S/c1-12-15(6-5-14(22-12)13-7-19(13,20)21)29(26,27)24-10-18(11-24)8-23(9-18)16(25)28-17(2,3)4/h5-6,13H,7-11H2,1-4H3. The van der Waals surface area contributed by atoms with Crippen molar-refractivity contribution in [1.29, 1.82) is 0 Å². The van der Waals surface area contributed by atoms with E-state index in [2.05, 4.69) is 4.98 Å². The molecule has 1 atom stereocenters. The zero-order valence-electron chi connectivity index (χ0n) is 16.9. The number of aryl methyl sites for hydroxylation is 1. The van der Waals surface area contributed by atoms with Crippen LogP contribution in [0.2, 0.25) is 0 Å². The van der Waals surface area contributed by atoms with Crippen LogP contribution in [-0.2, 0) is 14.8 Å². The van der Waals surface area contributed by atoms with Gasteiger partial charge in [0.05, 0.1) is 17.3 Å². The highest BCUT2D eigenvalue weighted by Crippen LogP contribution is 2.55. The molecule has 1 unspecified atom stereocenters. The van der Waals surface area contributed by atoms with Gasteiger partial charge < -0.3 is 9.64 Å². The van der Waals surface area contributed by atoms with Crippen LogP contribution in [0.5, 0.6) is 0 Å². The number of rotatable bonds is 3. The predicted octanol–water partition coefficient (Wildman–Crippen LogP) is 2.75. The summed E-state index contributed by atoms with van der Waals surface area (Å²) in [4.78, 5) is 17.8. The van der Waals surface area contributed by atoms with Crippen molar-refractivity contribution in [3.8, 4) is 0 Å². The molecule has 1 aliphatic carbocycles. The van der Waals surface area contributed by atoms with Crippen LogP contribution in [-0.4, -0.2) is 66.4 Å². The Morgan fingerprint density at radius 2 is 1.79 bits per heavy atom. The molecule has 1 spiro atoms. The Morgan fingerprint density at radius 1 is 1.21 bits per heavy atom. The number of carbonyl (C=O) groups excluding carboxylic acids is 1. The molecule has 0 radical (unpaired) electrons. The smallest absolute Gasteiger partial charge is 0.410 e. The first kappa shape index (κ1) is 20.5. The highest BCUT2D eigenvalue weighted by atomic mass is 32.2. The van der Waals surface area contributed by atoms with Crippen molar-refractivity contribution in [3.63, 3.8) is 0 Å². The van der Waals surface area contributed by atoms with E-state index in [4.69, 9.17) is 4.74 Å². The maximum absolute atomic E-state index is 13.2. The van der Waals surface area contributed by atoms with E-state index in [1.54, 1.807) is 25.7 Å². The van der Waals surface area contributed by atoms with Crippen LogP contribution in [0, 0.1) is 12.3 Å². The highest BCUT2D eigenvalue weighted by Gasteiger charge is 2.59. The first-order valence-electron chi connectivity index (χ1n) is 9.56. The zero-order chi connectivity index (χ0) is 21.4. The fraction of sp³-hybridized carbons (Fsp3) is 0.684. The summed E-state index contributed by atoms with van der Waals surface area (Å²) in [5.74, 6) is -3.66. The largest absolute Gasteiger partial charge is 0.444 e. The molecule has 3 fully saturated rings. The van der Waals surface area contributed by atoms with Gasteiger partial charge in [-0.3, -0.25) is 4.98 Å². The monoisotopic (exact) mass is 429 g/mol. The maximum Gasteiger partial charge on any atom is 0.410 e. The Kier molecular flexibility index (Phi) is 4.31. The number of likely N-dealkylation sites (tertiary alicyclic amines) is 1. The second kappa shape index (κ2) is 6.10. The normalized spacial score (nSPS) is 25.3. The molecule has 10 heteroatoms. The van der Waals surface area contributed by atoms with E-state index in [9.17, 15) is 22.0 Å². The van der Waals surface area contributed by atoms with E-state index in [0.717, 1.165) is 0 Å². The van der Waals surface area contributed by atoms with Crippen LogP contribution >= 0.6 is 0 Å². The lowest BCUT2D eigenvalue weighted by atomic mass is 9.75. The van der Waals surface area contributed by atoms with E-state index in [0.29, 0.717) is 26.2 Å². The van der Waals surface area contributed by atoms with Gasteiger partial charge >= 0.3 is 6.09 Å². The summed E-state index contributed by atoms with van der Waals surface area (Å²) in [6.45, 7) is 8.47. The first-order valence-corrected chi connectivity index (χ1v) is 11.0. The third kappa shape index (κ3) is 3.61. The molecule has 29 heavy (non-hydrogen) atoms. The highest BCUT2D eigenvalue weighted by molar-refractivity contribution is 7.89. The molecule has 0 N–H and O–H groups in total. The van der Waals surface area contributed by atoms with Crippen LogP contribution in [0.4, 0.5) is 13.6 Å². The van der Waals surface area contributed by atoms with Gasteiger partial charge in [0.15, 0.2) is 0 Å². The zero-order valence-corrected chi connectivity index (χ0v) is 17.7. The molecule has 2 saturated heterocycles. The van der Waals surface area contributed by atoms with Gasteiger partial charge in [0.25, 0.3) is 5.92 Å².